The fourth-order valence-electron chi connectivity index (χ4n) is 2.90. The van der Waals surface area contributed by atoms with Crippen molar-refractivity contribution in [3.63, 3.8) is 0 Å². The van der Waals surface area contributed by atoms with E-state index in [1.807, 2.05) is 36.4 Å². The Balaban J connectivity index is 1.53. The van der Waals surface area contributed by atoms with Crippen LogP contribution in [0.3, 0.4) is 0 Å². The molecule has 6 heteroatoms. The topological polar surface area (TPSA) is 87.3 Å². The Hall–Kier alpha value is -3.93. The average molecular weight is 401 g/mol. The SMILES string of the molecule is O=C(CNC(=O)c1ccccc1)Nc1ccccc1C(=O)NCCc1ccccc1. The summed E-state index contributed by atoms with van der Waals surface area (Å²) in [5.41, 5.74) is 2.37. The number of carbonyl (C=O) groups is 3. The molecule has 0 aliphatic carbocycles. The Morgan fingerprint density at radius 1 is 0.667 bits per heavy atom. The van der Waals surface area contributed by atoms with Crippen molar-refractivity contribution in [3.05, 3.63) is 102 Å². The molecule has 3 aromatic carbocycles. The number of benzene rings is 3. The molecular weight excluding hydrogens is 378 g/mol. The maximum absolute atomic E-state index is 12.6. The normalized spacial score (nSPS) is 10.1. The van der Waals surface area contributed by atoms with Crippen molar-refractivity contribution in [2.45, 2.75) is 6.42 Å². The fourth-order valence-corrected chi connectivity index (χ4v) is 2.90. The molecule has 0 spiro atoms. The van der Waals surface area contributed by atoms with Crippen molar-refractivity contribution < 1.29 is 14.4 Å². The Morgan fingerprint density at radius 3 is 2.03 bits per heavy atom. The summed E-state index contributed by atoms with van der Waals surface area (Å²) in [6.07, 6.45) is 0.715. The lowest BCUT2D eigenvalue weighted by Crippen LogP contribution is -2.33. The van der Waals surface area contributed by atoms with Gasteiger partial charge in [-0.05, 0) is 36.2 Å². The van der Waals surface area contributed by atoms with Crippen LogP contribution < -0.4 is 16.0 Å². The van der Waals surface area contributed by atoms with Gasteiger partial charge >= 0.3 is 0 Å². The van der Waals surface area contributed by atoms with Gasteiger partial charge in [0.15, 0.2) is 0 Å². The molecule has 0 unspecified atom stereocenters. The molecule has 0 bridgehead atoms. The van der Waals surface area contributed by atoms with Gasteiger partial charge in [0.1, 0.15) is 0 Å². The van der Waals surface area contributed by atoms with Crippen LogP contribution in [0.25, 0.3) is 0 Å². The molecule has 0 saturated heterocycles. The van der Waals surface area contributed by atoms with Gasteiger partial charge < -0.3 is 16.0 Å². The minimum Gasteiger partial charge on any atom is -0.352 e. The molecule has 0 saturated carbocycles. The summed E-state index contributed by atoms with van der Waals surface area (Å²) < 4.78 is 0. The van der Waals surface area contributed by atoms with E-state index in [-0.39, 0.29) is 18.4 Å². The summed E-state index contributed by atoms with van der Waals surface area (Å²) >= 11 is 0. The van der Waals surface area contributed by atoms with E-state index in [2.05, 4.69) is 16.0 Å². The first-order valence-electron chi connectivity index (χ1n) is 9.68. The molecule has 3 amide bonds. The molecule has 3 N–H and O–H groups in total. The van der Waals surface area contributed by atoms with Crippen molar-refractivity contribution >= 4 is 23.4 Å². The average Bonchev–Trinajstić information content (AvgIpc) is 2.79. The second-order valence-electron chi connectivity index (χ2n) is 6.63. The lowest BCUT2D eigenvalue weighted by molar-refractivity contribution is -0.115. The molecule has 0 aliphatic rings. The molecule has 3 rings (SSSR count). The summed E-state index contributed by atoms with van der Waals surface area (Å²) in [7, 11) is 0. The van der Waals surface area contributed by atoms with Gasteiger partial charge in [0.2, 0.25) is 5.91 Å². The third-order valence-electron chi connectivity index (χ3n) is 4.43. The first kappa shape index (κ1) is 20.8. The minimum atomic E-state index is -0.413. The van der Waals surface area contributed by atoms with Gasteiger partial charge in [0, 0.05) is 12.1 Å². The quantitative estimate of drug-likeness (QED) is 0.542. The molecule has 0 fully saturated rings. The van der Waals surface area contributed by atoms with Gasteiger partial charge in [-0.3, -0.25) is 14.4 Å². The van der Waals surface area contributed by atoms with E-state index in [1.54, 1.807) is 48.5 Å². The smallest absolute Gasteiger partial charge is 0.253 e. The molecule has 0 radical (unpaired) electrons. The van der Waals surface area contributed by atoms with Crippen LogP contribution in [0.1, 0.15) is 26.3 Å². The molecule has 6 nitrogen and oxygen atoms in total. The largest absolute Gasteiger partial charge is 0.352 e. The van der Waals surface area contributed by atoms with Gasteiger partial charge in [-0.25, -0.2) is 0 Å². The molecule has 0 aromatic heterocycles. The Labute approximate surface area is 175 Å². The van der Waals surface area contributed by atoms with Crippen LogP contribution in [0, 0.1) is 0 Å². The molecule has 30 heavy (non-hydrogen) atoms. The molecular formula is C24H23N3O3. The van der Waals surface area contributed by atoms with E-state index < -0.39 is 5.91 Å². The monoisotopic (exact) mass is 401 g/mol. The molecule has 0 aliphatic heterocycles. The molecule has 0 atom stereocenters. The summed E-state index contributed by atoms with van der Waals surface area (Å²) in [4.78, 5) is 36.9. The van der Waals surface area contributed by atoms with Crippen LogP contribution in [-0.2, 0) is 11.2 Å². The molecule has 0 heterocycles. The van der Waals surface area contributed by atoms with E-state index >= 15 is 0 Å². The first-order chi connectivity index (χ1) is 14.6. The van der Waals surface area contributed by atoms with Gasteiger partial charge in [0.05, 0.1) is 17.8 Å². The predicted octanol–water partition coefficient (Wildman–Crippen LogP) is 3.03. The van der Waals surface area contributed by atoms with Crippen molar-refractivity contribution in [2.24, 2.45) is 0 Å². The second kappa shape index (κ2) is 10.6. The number of hydrogen-bond acceptors (Lipinski definition) is 3. The van der Waals surface area contributed by atoms with Gasteiger partial charge in [0.25, 0.3) is 11.8 Å². The van der Waals surface area contributed by atoms with Gasteiger partial charge in [-0.1, -0.05) is 60.7 Å². The number of para-hydroxylation sites is 1. The van der Waals surface area contributed by atoms with Crippen LogP contribution in [0.2, 0.25) is 0 Å². The lowest BCUT2D eigenvalue weighted by Gasteiger charge is -2.12. The Bertz CT molecular complexity index is 1000. The standard InChI is InChI=1S/C24H23N3O3/c28-22(17-26-23(29)19-11-5-2-6-12-19)27-21-14-8-7-13-20(21)24(30)25-16-15-18-9-3-1-4-10-18/h1-14H,15-17H2,(H,25,30)(H,26,29)(H,27,28). The summed E-state index contributed by atoms with van der Waals surface area (Å²) in [5, 5.41) is 8.13. The second-order valence-corrected chi connectivity index (χ2v) is 6.63. The van der Waals surface area contributed by atoms with Crippen LogP contribution >= 0.6 is 0 Å². The Kier molecular flexibility index (Phi) is 7.33. The van der Waals surface area contributed by atoms with E-state index in [0.29, 0.717) is 29.8 Å². The van der Waals surface area contributed by atoms with E-state index in [9.17, 15) is 14.4 Å². The number of hydrogen-bond donors (Lipinski definition) is 3. The zero-order valence-electron chi connectivity index (χ0n) is 16.4. The summed E-state index contributed by atoms with van der Waals surface area (Å²) in [6, 6.07) is 25.3. The predicted molar refractivity (Wildman–Crippen MR) is 116 cm³/mol. The highest BCUT2D eigenvalue weighted by Gasteiger charge is 2.13. The van der Waals surface area contributed by atoms with Gasteiger partial charge in [-0.2, -0.15) is 0 Å². The zero-order chi connectivity index (χ0) is 21.2. The maximum Gasteiger partial charge on any atom is 0.253 e. The number of anilines is 1. The first-order valence-corrected chi connectivity index (χ1v) is 9.68. The van der Waals surface area contributed by atoms with Crippen LogP contribution in [0.4, 0.5) is 5.69 Å². The number of rotatable bonds is 8. The number of nitrogens with one attached hydrogen (secondary N) is 3. The van der Waals surface area contributed by atoms with E-state index in [4.69, 9.17) is 0 Å². The number of amides is 3. The van der Waals surface area contributed by atoms with Crippen LogP contribution in [0.15, 0.2) is 84.9 Å². The van der Waals surface area contributed by atoms with Crippen LogP contribution in [0.5, 0.6) is 0 Å². The molecule has 152 valence electrons. The van der Waals surface area contributed by atoms with Crippen molar-refractivity contribution in [1.29, 1.82) is 0 Å². The third kappa shape index (κ3) is 6.04. The summed E-state index contributed by atoms with van der Waals surface area (Å²) in [5.74, 6) is -1.02. The highest BCUT2D eigenvalue weighted by atomic mass is 16.2. The highest BCUT2D eigenvalue weighted by molar-refractivity contribution is 6.05. The fraction of sp³-hybridized carbons (Fsp3) is 0.125. The zero-order valence-corrected chi connectivity index (χ0v) is 16.4. The summed E-state index contributed by atoms with van der Waals surface area (Å²) in [6.45, 7) is 0.288. The van der Waals surface area contributed by atoms with Gasteiger partial charge in [-0.15, -0.1) is 0 Å². The Morgan fingerprint density at radius 2 is 1.30 bits per heavy atom. The van der Waals surface area contributed by atoms with E-state index in [0.717, 1.165) is 5.56 Å². The van der Waals surface area contributed by atoms with Crippen molar-refractivity contribution in [2.75, 3.05) is 18.4 Å². The molecule has 3 aromatic rings. The maximum atomic E-state index is 12.6. The van der Waals surface area contributed by atoms with Crippen molar-refractivity contribution in [1.82, 2.24) is 10.6 Å². The van der Waals surface area contributed by atoms with Crippen molar-refractivity contribution in [3.8, 4) is 0 Å². The van der Waals surface area contributed by atoms with E-state index in [1.165, 1.54) is 0 Å². The highest BCUT2D eigenvalue weighted by Crippen LogP contribution is 2.15. The minimum absolute atomic E-state index is 0.197. The number of carbonyl (C=O) groups excluding carboxylic acids is 3. The van der Waals surface area contributed by atoms with Crippen LogP contribution in [-0.4, -0.2) is 30.8 Å². The third-order valence-corrected chi connectivity index (χ3v) is 4.43. The lowest BCUT2D eigenvalue weighted by atomic mass is 10.1.